The monoisotopic (exact) mass is 574 g/mol. The maximum absolute atomic E-state index is 13.4. The van der Waals surface area contributed by atoms with E-state index in [1.165, 1.54) is 22.7 Å². The number of ether oxygens (including phenoxy) is 1. The van der Waals surface area contributed by atoms with Crippen LogP contribution in [0.3, 0.4) is 0 Å². The molecule has 40 heavy (non-hydrogen) atoms. The Morgan fingerprint density at radius 1 is 0.975 bits per heavy atom. The molecule has 9 heteroatoms. The zero-order chi connectivity index (χ0) is 28.6. The summed E-state index contributed by atoms with van der Waals surface area (Å²) in [5, 5.41) is 0. The van der Waals surface area contributed by atoms with Crippen LogP contribution in [0.5, 0.6) is 0 Å². The predicted octanol–water partition coefficient (Wildman–Crippen LogP) is 6.17. The van der Waals surface area contributed by atoms with Gasteiger partial charge in [-0.1, -0.05) is 78.9 Å². The first-order chi connectivity index (χ1) is 19.1. The third kappa shape index (κ3) is 8.89. The smallest absolute Gasteiger partial charge is 0.377 e. The largest absolute Gasteiger partial charge is 0.416 e. The van der Waals surface area contributed by atoms with Crippen molar-refractivity contribution in [1.82, 2.24) is 9.21 Å². The van der Waals surface area contributed by atoms with Crippen molar-refractivity contribution in [1.29, 1.82) is 0 Å². The number of hydrogen-bond acceptors (Lipinski definition) is 4. The number of hydrogen-bond donors (Lipinski definition) is 0. The Morgan fingerprint density at radius 2 is 1.62 bits per heavy atom. The zero-order valence-electron chi connectivity index (χ0n) is 22.8. The molecular formula is C31H37F3N2O3S. The minimum Gasteiger partial charge on any atom is -0.377 e. The van der Waals surface area contributed by atoms with Crippen LogP contribution < -0.4 is 0 Å². The van der Waals surface area contributed by atoms with Gasteiger partial charge in [-0.25, -0.2) is 8.42 Å². The third-order valence-electron chi connectivity index (χ3n) is 7.29. The molecule has 5 nitrogen and oxygen atoms in total. The second-order valence-corrected chi connectivity index (χ2v) is 12.4. The molecule has 0 aliphatic carbocycles. The summed E-state index contributed by atoms with van der Waals surface area (Å²) in [6, 6.07) is 25.8. The normalized spacial score (nSPS) is 17.0. The highest BCUT2D eigenvalue weighted by Crippen LogP contribution is 2.31. The van der Waals surface area contributed by atoms with E-state index >= 15 is 0 Å². The van der Waals surface area contributed by atoms with E-state index in [-0.39, 0.29) is 12.0 Å². The van der Waals surface area contributed by atoms with Gasteiger partial charge in [0.15, 0.2) is 0 Å². The van der Waals surface area contributed by atoms with E-state index in [4.69, 9.17) is 4.74 Å². The van der Waals surface area contributed by atoms with Gasteiger partial charge in [-0.2, -0.15) is 17.5 Å². The molecule has 1 heterocycles. The lowest BCUT2D eigenvalue weighted by Crippen LogP contribution is -2.42. The first-order valence-corrected chi connectivity index (χ1v) is 15.5. The molecule has 3 aromatic rings. The first-order valence-electron chi connectivity index (χ1n) is 13.6. The summed E-state index contributed by atoms with van der Waals surface area (Å²) in [7, 11) is -3.25. The van der Waals surface area contributed by atoms with Gasteiger partial charge in [-0.3, -0.25) is 4.90 Å². The Kier molecular flexibility index (Phi) is 10.4. The molecule has 0 amide bonds. The molecule has 0 bridgehead atoms. The van der Waals surface area contributed by atoms with Gasteiger partial charge in [-0.15, -0.1) is 0 Å². The first kappa shape index (κ1) is 30.2. The summed E-state index contributed by atoms with van der Waals surface area (Å²) in [4.78, 5) is 2.19. The summed E-state index contributed by atoms with van der Waals surface area (Å²) < 4.78 is 71.7. The van der Waals surface area contributed by atoms with Crippen LogP contribution in [0.4, 0.5) is 13.2 Å². The highest BCUT2D eigenvalue weighted by molar-refractivity contribution is 7.88. The SMILES string of the molecule is CS(=O)(=O)N1CCCC(OCCCN(Cc2cccc(C(F)(F)F)c2)CC(c2ccccc2)c2ccccc2)C1. The lowest BCUT2D eigenvalue weighted by atomic mass is 9.90. The molecule has 0 radical (unpaired) electrons. The average molecular weight is 575 g/mol. The fourth-order valence-electron chi connectivity index (χ4n) is 5.25. The number of sulfonamides is 1. The molecule has 1 atom stereocenters. The maximum atomic E-state index is 13.4. The van der Waals surface area contributed by atoms with E-state index in [1.54, 1.807) is 6.07 Å². The van der Waals surface area contributed by atoms with Crippen molar-refractivity contribution in [2.24, 2.45) is 0 Å². The Hall–Kier alpha value is -2.72. The van der Waals surface area contributed by atoms with Crippen molar-refractivity contribution < 1.29 is 26.3 Å². The van der Waals surface area contributed by atoms with E-state index in [2.05, 4.69) is 29.2 Å². The highest BCUT2D eigenvalue weighted by atomic mass is 32.2. The van der Waals surface area contributed by atoms with E-state index in [9.17, 15) is 21.6 Å². The molecule has 0 saturated carbocycles. The number of rotatable bonds is 12. The Balaban J connectivity index is 1.48. The molecule has 1 saturated heterocycles. The molecule has 1 aliphatic rings. The lowest BCUT2D eigenvalue weighted by molar-refractivity contribution is -0.137. The minimum atomic E-state index is -4.40. The van der Waals surface area contributed by atoms with Crippen LogP contribution in [-0.2, 0) is 27.5 Å². The Labute approximate surface area is 235 Å². The zero-order valence-corrected chi connectivity index (χ0v) is 23.6. The Bertz CT molecular complexity index is 1260. The summed E-state index contributed by atoms with van der Waals surface area (Å²) in [5.41, 5.74) is 2.24. The third-order valence-corrected chi connectivity index (χ3v) is 8.56. The van der Waals surface area contributed by atoms with Gasteiger partial charge >= 0.3 is 6.18 Å². The van der Waals surface area contributed by atoms with Crippen LogP contribution in [0.25, 0.3) is 0 Å². The topological polar surface area (TPSA) is 49.9 Å². The fourth-order valence-corrected chi connectivity index (χ4v) is 6.15. The quantitative estimate of drug-likeness (QED) is 0.243. The second-order valence-electron chi connectivity index (χ2n) is 10.4. The van der Waals surface area contributed by atoms with Crippen LogP contribution in [0, 0.1) is 0 Å². The van der Waals surface area contributed by atoms with Crippen LogP contribution in [-0.4, -0.2) is 62.8 Å². The van der Waals surface area contributed by atoms with Crippen LogP contribution in [0.2, 0.25) is 0 Å². The molecule has 0 N–H and O–H groups in total. The standard InChI is InChI=1S/C31H37F3N2O3S/c1-40(37,38)36-19-9-17-29(23-36)39-20-10-18-35(22-25-11-8-16-28(21-25)31(32,33)34)24-30(26-12-4-2-5-13-26)27-14-6-3-7-15-27/h2-8,11-16,21,29-30H,9-10,17-20,22-24H2,1H3. The number of nitrogens with zero attached hydrogens (tertiary/aromatic N) is 2. The molecule has 0 aromatic heterocycles. The fraction of sp³-hybridized carbons (Fsp3) is 0.419. The molecule has 4 rings (SSSR count). The van der Waals surface area contributed by atoms with Crippen molar-refractivity contribution in [3.05, 3.63) is 107 Å². The minimum absolute atomic E-state index is 0.0378. The summed E-state index contributed by atoms with van der Waals surface area (Å²) in [6.45, 7) is 2.93. The molecule has 1 aliphatic heterocycles. The van der Waals surface area contributed by atoms with E-state index in [0.29, 0.717) is 51.3 Å². The van der Waals surface area contributed by atoms with E-state index < -0.39 is 21.8 Å². The van der Waals surface area contributed by atoms with Gasteiger partial charge in [0, 0.05) is 45.2 Å². The van der Waals surface area contributed by atoms with Crippen molar-refractivity contribution in [2.75, 3.05) is 39.0 Å². The second kappa shape index (κ2) is 13.8. The molecule has 3 aromatic carbocycles. The van der Waals surface area contributed by atoms with Gasteiger partial charge in [0.25, 0.3) is 0 Å². The molecule has 0 spiro atoms. The van der Waals surface area contributed by atoms with Crippen molar-refractivity contribution in [2.45, 2.75) is 44.0 Å². The van der Waals surface area contributed by atoms with E-state index in [1.807, 2.05) is 36.4 Å². The van der Waals surface area contributed by atoms with Crippen LogP contribution in [0.1, 0.15) is 47.4 Å². The highest BCUT2D eigenvalue weighted by Gasteiger charge is 2.31. The van der Waals surface area contributed by atoms with E-state index in [0.717, 1.165) is 30.0 Å². The van der Waals surface area contributed by atoms with Gasteiger partial charge in [0.2, 0.25) is 10.0 Å². The van der Waals surface area contributed by atoms with Gasteiger partial charge in [0.05, 0.1) is 17.9 Å². The number of halogens is 3. The molecule has 216 valence electrons. The van der Waals surface area contributed by atoms with Gasteiger partial charge < -0.3 is 4.74 Å². The number of benzene rings is 3. The molecule has 1 unspecified atom stereocenters. The maximum Gasteiger partial charge on any atom is 0.416 e. The molecular weight excluding hydrogens is 537 g/mol. The lowest BCUT2D eigenvalue weighted by Gasteiger charge is -2.31. The Morgan fingerprint density at radius 3 is 2.23 bits per heavy atom. The average Bonchev–Trinajstić information content (AvgIpc) is 2.94. The number of alkyl halides is 3. The van der Waals surface area contributed by atoms with Crippen molar-refractivity contribution >= 4 is 10.0 Å². The van der Waals surface area contributed by atoms with Crippen LogP contribution in [0.15, 0.2) is 84.9 Å². The number of piperidine rings is 1. The molecule has 1 fully saturated rings. The summed E-state index contributed by atoms with van der Waals surface area (Å²) in [5.74, 6) is 0.0378. The summed E-state index contributed by atoms with van der Waals surface area (Å²) >= 11 is 0. The van der Waals surface area contributed by atoms with Gasteiger partial charge in [0.1, 0.15) is 0 Å². The van der Waals surface area contributed by atoms with Crippen molar-refractivity contribution in [3.8, 4) is 0 Å². The van der Waals surface area contributed by atoms with Crippen LogP contribution >= 0.6 is 0 Å². The van der Waals surface area contributed by atoms with Gasteiger partial charge in [-0.05, 0) is 42.0 Å². The van der Waals surface area contributed by atoms with Crippen molar-refractivity contribution in [3.63, 3.8) is 0 Å². The predicted molar refractivity (Wildman–Crippen MR) is 151 cm³/mol. The summed E-state index contributed by atoms with van der Waals surface area (Å²) in [6.07, 6.45) is -1.09.